The number of piperidine rings is 1. The second-order valence-corrected chi connectivity index (χ2v) is 5.70. The van der Waals surface area contributed by atoms with E-state index in [0.717, 1.165) is 31.1 Å². The van der Waals surface area contributed by atoms with Gasteiger partial charge >= 0.3 is 0 Å². The number of thiophene rings is 1. The Morgan fingerprint density at radius 1 is 1.32 bits per heavy atom. The molecule has 1 aliphatic heterocycles. The van der Waals surface area contributed by atoms with Crippen LogP contribution in [0.15, 0.2) is 35.2 Å². The van der Waals surface area contributed by atoms with Crippen LogP contribution in [0.25, 0.3) is 11.1 Å². The molecule has 1 unspecified atom stereocenters. The second-order valence-electron chi connectivity index (χ2n) is 4.92. The van der Waals surface area contributed by atoms with Gasteiger partial charge in [-0.1, -0.05) is 0 Å². The molecule has 0 radical (unpaired) electrons. The summed E-state index contributed by atoms with van der Waals surface area (Å²) in [5.41, 5.74) is 2.37. The highest BCUT2D eigenvalue weighted by molar-refractivity contribution is 7.08. The zero-order valence-corrected chi connectivity index (χ0v) is 11.7. The van der Waals surface area contributed by atoms with Crippen LogP contribution in [0.2, 0.25) is 0 Å². The van der Waals surface area contributed by atoms with Gasteiger partial charge in [0.15, 0.2) is 0 Å². The smallest absolute Gasteiger partial charge is 0.213 e. The summed E-state index contributed by atoms with van der Waals surface area (Å²) in [6, 6.07) is 6.14. The minimum Gasteiger partial charge on any atom is -0.477 e. The van der Waals surface area contributed by atoms with Gasteiger partial charge < -0.3 is 10.1 Å². The lowest BCUT2D eigenvalue weighted by molar-refractivity contribution is 0.212. The third kappa shape index (κ3) is 3.33. The Morgan fingerprint density at radius 2 is 2.32 bits per heavy atom. The first-order valence-electron chi connectivity index (χ1n) is 6.74. The Bertz CT molecular complexity index is 489. The number of hydrogen-bond acceptors (Lipinski definition) is 4. The zero-order valence-electron chi connectivity index (χ0n) is 10.8. The van der Waals surface area contributed by atoms with Gasteiger partial charge in [-0.3, -0.25) is 0 Å². The SMILES string of the molecule is c1cc(-c2ccc(OCC3CCCNC3)nc2)cs1. The highest BCUT2D eigenvalue weighted by atomic mass is 32.1. The molecule has 2 aromatic rings. The lowest BCUT2D eigenvalue weighted by atomic mass is 10.0. The minimum absolute atomic E-state index is 0.618. The maximum absolute atomic E-state index is 5.77. The van der Waals surface area contributed by atoms with E-state index in [1.165, 1.54) is 18.4 Å². The highest BCUT2D eigenvalue weighted by Crippen LogP contribution is 2.23. The molecule has 1 aliphatic rings. The van der Waals surface area contributed by atoms with Crippen molar-refractivity contribution < 1.29 is 4.74 Å². The molecule has 0 spiro atoms. The first kappa shape index (κ1) is 12.6. The molecule has 1 fully saturated rings. The van der Waals surface area contributed by atoms with Crippen LogP contribution >= 0.6 is 11.3 Å². The average molecular weight is 274 g/mol. The van der Waals surface area contributed by atoms with Crippen molar-refractivity contribution in [2.75, 3.05) is 19.7 Å². The van der Waals surface area contributed by atoms with Crippen LogP contribution in [0.1, 0.15) is 12.8 Å². The molecule has 3 nitrogen and oxygen atoms in total. The van der Waals surface area contributed by atoms with E-state index in [1.807, 2.05) is 12.3 Å². The Morgan fingerprint density at radius 3 is 3.00 bits per heavy atom. The van der Waals surface area contributed by atoms with E-state index in [0.29, 0.717) is 5.92 Å². The lowest BCUT2D eigenvalue weighted by Gasteiger charge is -2.22. The fourth-order valence-corrected chi connectivity index (χ4v) is 3.00. The molecule has 3 heterocycles. The molecule has 0 saturated carbocycles. The summed E-state index contributed by atoms with van der Waals surface area (Å²) >= 11 is 1.70. The molecule has 19 heavy (non-hydrogen) atoms. The summed E-state index contributed by atoms with van der Waals surface area (Å²) in [7, 11) is 0. The quantitative estimate of drug-likeness (QED) is 0.929. The van der Waals surface area contributed by atoms with Crippen molar-refractivity contribution >= 4 is 11.3 Å². The molecule has 0 bridgehead atoms. The lowest BCUT2D eigenvalue weighted by Crippen LogP contribution is -2.33. The molecule has 2 aromatic heterocycles. The first-order chi connectivity index (χ1) is 9.42. The van der Waals surface area contributed by atoms with E-state index in [4.69, 9.17) is 4.74 Å². The third-order valence-electron chi connectivity index (χ3n) is 3.46. The van der Waals surface area contributed by atoms with Gasteiger partial charge in [0.2, 0.25) is 5.88 Å². The predicted octanol–water partition coefficient (Wildman–Crippen LogP) is 3.19. The summed E-state index contributed by atoms with van der Waals surface area (Å²) in [6.07, 6.45) is 4.38. The number of ether oxygens (including phenoxy) is 1. The van der Waals surface area contributed by atoms with Crippen LogP contribution in [-0.4, -0.2) is 24.7 Å². The number of aromatic nitrogens is 1. The van der Waals surface area contributed by atoms with E-state index in [9.17, 15) is 0 Å². The van der Waals surface area contributed by atoms with Crippen LogP contribution in [0.3, 0.4) is 0 Å². The molecule has 0 aromatic carbocycles. The summed E-state index contributed by atoms with van der Waals surface area (Å²) in [5.74, 6) is 1.34. The predicted molar refractivity (Wildman–Crippen MR) is 78.6 cm³/mol. The topological polar surface area (TPSA) is 34.1 Å². The molecule has 0 aliphatic carbocycles. The van der Waals surface area contributed by atoms with Gasteiger partial charge in [0.05, 0.1) is 6.61 Å². The van der Waals surface area contributed by atoms with E-state index in [2.05, 4.69) is 33.2 Å². The second kappa shape index (κ2) is 6.17. The van der Waals surface area contributed by atoms with Crippen molar-refractivity contribution in [1.82, 2.24) is 10.3 Å². The highest BCUT2D eigenvalue weighted by Gasteiger charge is 2.13. The fraction of sp³-hybridized carbons (Fsp3) is 0.400. The Balaban J connectivity index is 1.57. The number of pyridine rings is 1. The molecule has 0 amide bonds. The van der Waals surface area contributed by atoms with Crippen LogP contribution in [0.4, 0.5) is 0 Å². The van der Waals surface area contributed by atoms with Crippen LogP contribution in [0.5, 0.6) is 5.88 Å². The van der Waals surface area contributed by atoms with Gasteiger partial charge in [-0.25, -0.2) is 4.98 Å². The minimum atomic E-state index is 0.618. The van der Waals surface area contributed by atoms with Gasteiger partial charge in [0.25, 0.3) is 0 Å². The monoisotopic (exact) mass is 274 g/mol. The van der Waals surface area contributed by atoms with E-state index in [-0.39, 0.29) is 0 Å². The molecule has 1 atom stereocenters. The maximum Gasteiger partial charge on any atom is 0.213 e. The largest absolute Gasteiger partial charge is 0.477 e. The van der Waals surface area contributed by atoms with Crippen molar-refractivity contribution in [3.63, 3.8) is 0 Å². The summed E-state index contributed by atoms with van der Waals surface area (Å²) in [6.45, 7) is 2.97. The molecule has 1 saturated heterocycles. The summed E-state index contributed by atoms with van der Waals surface area (Å²) in [4.78, 5) is 4.38. The van der Waals surface area contributed by atoms with Gasteiger partial charge in [0.1, 0.15) is 0 Å². The van der Waals surface area contributed by atoms with Crippen LogP contribution in [0, 0.1) is 5.92 Å². The summed E-state index contributed by atoms with van der Waals surface area (Å²) in [5, 5.41) is 7.61. The van der Waals surface area contributed by atoms with Gasteiger partial charge in [0, 0.05) is 30.3 Å². The molecular weight excluding hydrogens is 256 g/mol. The van der Waals surface area contributed by atoms with Crippen LogP contribution in [-0.2, 0) is 0 Å². The third-order valence-corrected chi connectivity index (χ3v) is 4.14. The Hall–Kier alpha value is -1.39. The Kier molecular flexibility index (Phi) is 4.10. The number of nitrogens with one attached hydrogen (secondary N) is 1. The van der Waals surface area contributed by atoms with Crippen LogP contribution < -0.4 is 10.1 Å². The standard InChI is InChI=1S/C15H18N2OS/c1-2-12(8-16-6-1)10-18-15-4-3-13(9-17-15)14-5-7-19-11-14/h3-5,7,9,11-12,16H,1-2,6,8,10H2. The van der Waals surface area contributed by atoms with Gasteiger partial charge in [-0.05, 0) is 47.8 Å². The normalized spacial score (nSPS) is 19.3. The molecule has 4 heteroatoms. The first-order valence-corrected chi connectivity index (χ1v) is 7.68. The number of rotatable bonds is 4. The molecule has 100 valence electrons. The van der Waals surface area contributed by atoms with Crippen molar-refractivity contribution in [2.45, 2.75) is 12.8 Å². The van der Waals surface area contributed by atoms with E-state index in [1.54, 1.807) is 11.3 Å². The van der Waals surface area contributed by atoms with Crippen molar-refractivity contribution in [2.24, 2.45) is 5.92 Å². The summed E-state index contributed by atoms with van der Waals surface area (Å²) < 4.78 is 5.77. The van der Waals surface area contributed by atoms with Gasteiger partial charge in [-0.2, -0.15) is 11.3 Å². The zero-order chi connectivity index (χ0) is 12.9. The van der Waals surface area contributed by atoms with E-state index < -0.39 is 0 Å². The van der Waals surface area contributed by atoms with Crippen molar-refractivity contribution in [3.8, 4) is 17.0 Å². The van der Waals surface area contributed by atoms with Crippen molar-refractivity contribution in [1.29, 1.82) is 0 Å². The molecule has 3 rings (SSSR count). The van der Waals surface area contributed by atoms with Crippen molar-refractivity contribution in [3.05, 3.63) is 35.2 Å². The van der Waals surface area contributed by atoms with Gasteiger partial charge in [-0.15, -0.1) is 0 Å². The average Bonchev–Trinajstić information content (AvgIpc) is 3.01. The molecular formula is C15H18N2OS. The maximum atomic E-state index is 5.77. The fourth-order valence-electron chi connectivity index (χ4n) is 2.33. The Labute approximate surface area is 117 Å². The molecule has 1 N–H and O–H groups in total. The number of nitrogens with zero attached hydrogens (tertiary/aromatic N) is 1. The van der Waals surface area contributed by atoms with E-state index >= 15 is 0 Å². The number of hydrogen-bond donors (Lipinski definition) is 1.